The first-order valence-electron chi connectivity index (χ1n) is 6.51. The van der Waals surface area contributed by atoms with Crippen LogP contribution in [-0.2, 0) is 24.4 Å². The predicted octanol–water partition coefficient (Wildman–Crippen LogP) is -0.308. The fourth-order valence-electron chi connectivity index (χ4n) is 1.58. The van der Waals surface area contributed by atoms with Crippen molar-refractivity contribution in [3.63, 3.8) is 0 Å². The Morgan fingerprint density at radius 1 is 1.13 bits per heavy atom. The van der Waals surface area contributed by atoms with Crippen LogP contribution in [0.3, 0.4) is 0 Å². The largest absolute Gasteiger partial charge is 0.397 e. The van der Waals surface area contributed by atoms with E-state index in [-0.39, 0.29) is 12.3 Å². The van der Waals surface area contributed by atoms with Crippen LogP contribution in [0.25, 0.3) is 0 Å². The third-order valence-electron chi connectivity index (χ3n) is 2.76. The maximum Gasteiger partial charge on any atom is 0.397 e. The second-order valence-electron chi connectivity index (χ2n) is 4.48. The first-order chi connectivity index (χ1) is 10.6. The number of carbonyl (C=O) groups excluding carboxylic acids is 1. The van der Waals surface area contributed by atoms with Gasteiger partial charge >= 0.3 is 10.4 Å². The molecule has 11 heteroatoms. The molecular weight excluding hydrogens is 348 g/mol. The summed E-state index contributed by atoms with van der Waals surface area (Å²) in [5.74, 6) is -1.38. The van der Waals surface area contributed by atoms with Crippen molar-refractivity contribution in [3.8, 4) is 0 Å². The molecule has 3 N–H and O–H groups in total. The van der Waals surface area contributed by atoms with Gasteiger partial charge in [-0.2, -0.15) is 8.42 Å². The number of sulfone groups is 1. The van der Waals surface area contributed by atoms with E-state index < -0.39 is 38.5 Å². The van der Waals surface area contributed by atoms with Crippen LogP contribution in [0.5, 0.6) is 0 Å². The van der Waals surface area contributed by atoms with E-state index in [1.807, 2.05) is 0 Å². The van der Waals surface area contributed by atoms with Crippen molar-refractivity contribution in [2.24, 2.45) is 0 Å². The van der Waals surface area contributed by atoms with Gasteiger partial charge in [0.1, 0.15) is 0 Å². The van der Waals surface area contributed by atoms with Gasteiger partial charge in [-0.05, 0) is 24.3 Å². The monoisotopic (exact) mass is 366 g/mol. The molecule has 0 aromatic heterocycles. The molecule has 1 rings (SSSR count). The molecule has 0 aliphatic rings. The Balaban J connectivity index is 2.40. The molecule has 0 heterocycles. The van der Waals surface area contributed by atoms with E-state index in [9.17, 15) is 21.6 Å². The number of anilines is 1. The van der Waals surface area contributed by atoms with Crippen LogP contribution >= 0.6 is 0 Å². The van der Waals surface area contributed by atoms with E-state index in [1.54, 1.807) is 31.3 Å². The molecule has 0 spiro atoms. The number of carbonyl (C=O) groups is 1. The second-order valence-corrected chi connectivity index (χ2v) is 7.88. The van der Waals surface area contributed by atoms with E-state index in [4.69, 9.17) is 4.55 Å². The molecule has 0 atom stereocenters. The van der Waals surface area contributed by atoms with Crippen molar-refractivity contribution in [2.45, 2.75) is 0 Å². The van der Waals surface area contributed by atoms with Crippen molar-refractivity contribution in [1.82, 2.24) is 5.32 Å². The summed E-state index contributed by atoms with van der Waals surface area (Å²) in [6.45, 7) is -0.804. The smallest absolute Gasteiger partial charge is 0.388 e. The molecule has 0 aliphatic carbocycles. The third kappa shape index (κ3) is 7.93. The number of hydrogen-bond donors (Lipinski definition) is 3. The van der Waals surface area contributed by atoms with Gasteiger partial charge < -0.3 is 10.6 Å². The summed E-state index contributed by atoms with van der Waals surface area (Å²) in [6, 6.07) is 6.60. The van der Waals surface area contributed by atoms with Crippen molar-refractivity contribution < 1.29 is 30.4 Å². The number of hydrogen-bond acceptors (Lipinski definition) is 7. The first kappa shape index (κ1) is 19.4. The van der Waals surface area contributed by atoms with Crippen molar-refractivity contribution in [2.75, 3.05) is 37.0 Å². The van der Waals surface area contributed by atoms with Crippen LogP contribution < -0.4 is 10.6 Å². The SMILES string of the molecule is CNc1ccc(C(=O)NCCS(=O)(=O)CCOS(=O)(=O)O)cc1. The highest BCUT2D eigenvalue weighted by Crippen LogP contribution is 2.08. The van der Waals surface area contributed by atoms with E-state index in [2.05, 4.69) is 14.8 Å². The van der Waals surface area contributed by atoms with Crippen LogP contribution in [-0.4, -0.2) is 59.0 Å². The maximum atomic E-state index is 11.8. The molecule has 130 valence electrons. The van der Waals surface area contributed by atoms with Gasteiger partial charge in [-0.15, -0.1) is 0 Å². The minimum Gasteiger partial charge on any atom is -0.388 e. The quantitative estimate of drug-likeness (QED) is 0.506. The first-order valence-corrected chi connectivity index (χ1v) is 9.70. The highest BCUT2D eigenvalue weighted by atomic mass is 32.3. The highest BCUT2D eigenvalue weighted by Gasteiger charge is 2.14. The zero-order chi connectivity index (χ0) is 17.5. The molecule has 0 saturated carbocycles. The summed E-state index contributed by atoms with van der Waals surface area (Å²) in [6.07, 6.45) is 0. The summed E-state index contributed by atoms with van der Waals surface area (Å²) in [5, 5.41) is 5.36. The lowest BCUT2D eigenvalue weighted by molar-refractivity contribution is 0.0956. The molecule has 0 aliphatic heterocycles. The van der Waals surface area contributed by atoms with Gasteiger partial charge in [0.15, 0.2) is 9.84 Å². The molecular formula is C12H18N2O7S2. The van der Waals surface area contributed by atoms with Gasteiger partial charge in [0.05, 0.1) is 18.1 Å². The molecule has 0 fully saturated rings. The lowest BCUT2D eigenvalue weighted by Gasteiger charge is -2.07. The zero-order valence-electron chi connectivity index (χ0n) is 12.4. The van der Waals surface area contributed by atoms with Crippen LogP contribution in [0, 0.1) is 0 Å². The van der Waals surface area contributed by atoms with Crippen molar-refractivity contribution in [3.05, 3.63) is 29.8 Å². The molecule has 1 aromatic carbocycles. The minimum atomic E-state index is -4.66. The average molecular weight is 366 g/mol. The maximum absolute atomic E-state index is 11.8. The summed E-state index contributed by atoms with van der Waals surface area (Å²) >= 11 is 0. The summed E-state index contributed by atoms with van der Waals surface area (Å²) in [5.41, 5.74) is 1.22. The molecule has 0 saturated heterocycles. The Kier molecular flexibility index (Phi) is 6.94. The topological polar surface area (TPSA) is 139 Å². The van der Waals surface area contributed by atoms with Gasteiger partial charge in [0.25, 0.3) is 5.91 Å². The fourth-order valence-corrected chi connectivity index (χ4v) is 2.93. The summed E-state index contributed by atoms with van der Waals surface area (Å²) in [7, 11) is -6.54. The van der Waals surface area contributed by atoms with E-state index >= 15 is 0 Å². The minimum absolute atomic E-state index is 0.124. The predicted molar refractivity (Wildman–Crippen MR) is 84.5 cm³/mol. The van der Waals surface area contributed by atoms with Crippen LogP contribution in [0.1, 0.15) is 10.4 Å². The van der Waals surface area contributed by atoms with E-state index in [1.165, 1.54) is 0 Å². The van der Waals surface area contributed by atoms with Gasteiger partial charge in [-0.1, -0.05) is 0 Å². The Morgan fingerprint density at radius 3 is 2.26 bits per heavy atom. The molecule has 23 heavy (non-hydrogen) atoms. The number of amides is 1. The van der Waals surface area contributed by atoms with Crippen molar-refractivity contribution in [1.29, 1.82) is 0 Å². The van der Waals surface area contributed by atoms with Crippen LogP contribution in [0.2, 0.25) is 0 Å². The Labute approximate surface area is 134 Å². The van der Waals surface area contributed by atoms with Crippen molar-refractivity contribution >= 4 is 31.8 Å². The third-order valence-corrected chi connectivity index (χ3v) is 4.84. The average Bonchev–Trinajstić information content (AvgIpc) is 2.45. The molecule has 0 unspecified atom stereocenters. The second kappa shape index (κ2) is 8.24. The Bertz CT molecular complexity index is 727. The van der Waals surface area contributed by atoms with Crippen LogP contribution in [0.15, 0.2) is 24.3 Å². The standard InChI is InChI=1S/C12H18N2O7S2/c1-13-11-4-2-10(3-5-11)12(15)14-6-8-22(16,17)9-7-21-23(18,19)20/h2-5,13H,6-9H2,1H3,(H,14,15)(H,18,19,20). The zero-order valence-corrected chi connectivity index (χ0v) is 14.0. The molecule has 9 nitrogen and oxygen atoms in total. The fraction of sp³-hybridized carbons (Fsp3) is 0.417. The Morgan fingerprint density at radius 2 is 1.74 bits per heavy atom. The van der Waals surface area contributed by atoms with E-state index in [0.29, 0.717) is 5.56 Å². The lowest BCUT2D eigenvalue weighted by Crippen LogP contribution is -2.30. The summed E-state index contributed by atoms with van der Waals surface area (Å²) in [4.78, 5) is 11.8. The number of benzene rings is 1. The number of nitrogens with one attached hydrogen (secondary N) is 2. The highest BCUT2D eigenvalue weighted by molar-refractivity contribution is 7.91. The Hall–Kier alpha value is -1.69. The van der Waals surface area contributed by atoms with E-state index in [0.717, 1.165) is 5.69 Å². The number of rotatable bonds is 9. The molecule has 1 aromatic rings. The van der Waals surface area contributed by atoms with Gasteiger partial charge in [-0.25, -0.2) is 12.6 Å². The molecule has 1 amide bonds. The van der Waals surface area contributed by atoms with Gasteiger partial charge in [0.2, 0.25) is 0 Å². The summed E-state index contributed by atoms with van der Waals surface area (Å²) < 4.78 is 56.1. The van der Waals surface area contributed by atoms with Crippen LogP contribution in [0.4, 0.5) is 5.69 Å². The molecule has 0 bridgehead atoms. The van der Waals surface area contributed by atoms with Gasteiger partial charge in [-0.3, -0.25) is 9.35 Å². The van der Waals surface area contributed by atoms with Gasteiger partial charge in [0, 0.05) is 24.8 Å². The lowest BCUT2D eigenvalue weighted by atomic mass is 10.2. The molecule has 0 radical (unpaired) electrons. The normalized spacial score (nSPS) is 11.9.